The molecule has 1 fully saturated rings. The van der Waals surface area contributed by atoms with Gasteiger partial charge in [-0.3, -0.25) is 0 Å². The lowest BCUT2D eigenvalue weighted by Gasteiger charge is -2.25. The minimum atomic E-state index is -2.77. The molecule has 1 atom stereocenters. The van der Waals surface area contributed by atoms with Crippen LogP contribution in [0.5, 0.6) is 0 Å². The number of carbonyl (C=O) groups is 1. The van der Waals surface area contributed by atoms with E-state index in [0.717, 1.165) is 6.42 Å². The van der Waals surface area contributed by atoms with Gasteiger partial charge in [0.15, 0.2) is 9.84 Å². The van der Waals surface area contributed by atoms with Crippen molar-refractivity contribution in [3.8, 4) is 0 Å². The van der Waals surface area contributed by atoms with Crippen LogP contribution in [0.25, 0.3) is 0 Å². The molecule has 64 valence electrons. The third-order valence-electron chi connectivity index (χ3n) is 2.05. The molecule has 1 aliphatic heterocycles. The molecule has 0 spiro atoms. The van der Waals surface area contributed by atoms with E-state index < -0.39 is 9.84 Å². The van der Waals surface area contributed by atoms with Crippen molar-refractivity contribution < 1.29 is 13.2 Å². The van der Waals surface area contributed by atoms with Crippen LogP contribution >= 0.6 is 0 Å². The predicted octanol–water partition coefficient (Wildman–Crippen LogP) is 0.543. The standard InChI is InChI=1S/C7H12O3S/c1-6(8)2-3-7-4-5-11(7,9)10/h7H,2-5H2,1H3. The van der Waals surface area contributed by atoms with Crippen molar-refractivity contribution >= 4 is 15.6 Å². The third-order valence-corrected chi connectivity index (χ3v) is 4.34. The maximum Gasteiger partial charge on any atom is 0.153 e. The van der Waals surface area contributed by atoms with Crippen molar-refractivity contribution in [2.75, 3.05) is 5.75 Å². The van der Waals surface area contributed by atoms with Crippen LogP contribution in [0.1, 0.15) is 26.2 Å². The van der Waals surface area contributed by atoms with E-state index in [1.807, 2.05) is 0 Å². The summed E-state index contributed by atoms with van der Waals surface area (Å²) in [6.07, 6.45) is 1.68. The SMILES string of the molecule is CC(=O)CCC1CCS1(=O)=O. The molecule has 0 aliphatic carbocycles. The van der Waals surface area contributed by atoms with Crippen molar-refractivity contribution in [1.29, 1.82) is 0 Å². The van der Waals surface area contributed by atoms with Gasteiger partial charge in [-0.25, -0.2) is 8.42 Å². The fourth-order valence-electron chi connectivity index (χ4n) is 1.17. The van der Waals surface area contributed by atoms with Gasteiger partial charge in [0.1, 0.15) is 5.78 Å². The molecule has 0 saturated carbocycles. The highest BCUT2D eigenvalue weighted by Crippen LogP contribution is 2.24. The predicted molar refractivity (Wildman–Crippen MR) is 42.1 cm³/mol. The van der Waals surface area contributed by atoms with Gasteiger partial charge in [-0.2, -0.15) is 0 Å². The number of carbonyl (C=O) groups excluding carboxylic acids is 1. The Morgan fingerprint density at radius 1 is 1.55 bits per heavy atom. The van der Waals surface area contributed by atoms with E-state index in [2.05, 4.69) is 0 Å². The average Bonchev–Trinajstić information content (AvgIpc) is 1.85. The summed E-state index contributed by atoms with van der Waals surface area (Å²) in [5.74, 6) is 0.391. The largest absolute Gasteiger partial charge is 0.300 e. The van der Waals surface area contributed by atoms with Crippen LogP contribution < -0.4 is 0 Å². The highest BCUT2D eigenvalue weighted by Gasteiger charge is 2.34. The van der Waals surface area contributed by atoms with Crippen LogP contribution in [0, 0.1) is 0 Å². The molecular weight excluding hydrogens is 164 g/mol. The molecule has 0 aromatic carbocycles. The fraction of sp³-hybridized carbons (Fsp3) is 0.857. The van der Waals surface area contributed by atoms with Crippen molar-refractivity contribution in [2.45, 2.75) is 31.4 Å². The maximum absolute atomic E-state index is 10.9. The number of sulfone groups is 1. The Labute approximate surface area is 66.7 Å². The van der Waals surface area contributed by atoms with E-state index in [0.29, 0.717) is 18.6 Å². The number of hydrogen-bond acceptors (Lipinski definition) is 3. The summed E-state index contributed by atoms with van der Waals surface area (Å²) in [4.78, 5) is 10.5. The van der Waals surface area contributed by atoms with E-state index in [1.54, 1.807) is 0 Å². The van der Waals surface area contributed by atoms with Gasteiger partial charge < -0.3 is 4.79 Å². The molecular formula is C7H12O3S. The Hall–Kier alpha value is -0.380. The van der Waals surface area contributed by atoms with Crippen molar-refractivity contribution in [2.24, 2.45) is 0 Å². The second-order valence-corrected chi connectivity index (χ2v) is 5.42. The fourth-order valence-corrected chi connectivity index (χ4v) is 2.60. The van der Waals surface area contributed by atoms with Gasteiger partial charge in [0.25, 0.3) is 0 Å². The number of hydrogen-bond donors (Lipinski definition) is 0. The summed E-state index contributed by atoms with van der Waals surface area (Å²) < 4.78 is 21.8. The van der Waals surface area contributed by atoms with Gasteiger partial charge in [-0.05, 0) is 19.8 Å². The summed E-state index contributed by atoms with van der Waals surface area (Å²) >= 11 is 0. The molecule has 1 unspecified atom stereocenters. The molecule has 0 aromatic rings. The van der Waals surface area contributed by atoms with Gasteiger partial charge in [0.05, 0.1) is 11.0 Å². The topological polar surface area (TPSA) is 51.2 Å². The molecule has 0 bridgehead atoms. The van der Waals surface area contributed by atoms with Gasteiger partial charge in [-0.1, -0.05) is 0 Å². The van der Waals surface area contributed by atoms with Crippen molar-refractivity contribution in [1.82, 2.24) is 0 Å². The van der Waals surface area contributed by atoms with E-state index in [4.69, 9.17) is 0 Å². The van der Waals surface area contributed by atoms with Gasteiger partial charge >= 0.3 is 0 Å². The van der Waals surface area contributed by atoms with Gasteiger partial charge in [0.2, 0.25) is 0 Å². The lowest BCUT2D eigenvalue weighted by molar-refractivity contribution is -0.117. The van der Waals surface area contributed by atoms with Crippen LogP contribution in [0.15, 0.2) is 0 Å². The van der Waals surface area contributed by atoms with E-state index in [1.165, 1.54) is 6.92 Å². The third kappa shape index (κ3) is 2.02. The van der Waals surface area contributed by atoms with Crippen LogP contribution in [0.2, 0.25) is 0 Å². The molecule has 0 aromatic heterocycles. The Morgan fingerprint density at radius 2 is 2.18 bits per heavy atom. The highest BCUT2D eigenvalue weighted by molar-refractivity contribution is 7.93. The zero-order valence-corrected chi connectivity index (χ0v) is 7.36. The van der Waals surface area contributed by atoms with Crippen LogP contribution in [-0.4, -0.2) is 25.2 Å². The minimum absolute atomic E-state index is 0.0760. The smallest absolute Gasteiger partial charge is 0.153 e. The van der Waals surface area contributed by atoms with E-state index >= 15 is 0 Å². The molecule has 1 aliphatic rings. The van der Waals surface area contributed by atoms with Crippen molar-refractivity contribution in [3.63, 3.8) is 0 Å². The number of rotatable bonds is 3. The highest BCUT2D eigenvalue weighted by atomic mass is 32.2. The molecule has 0 N–H and O–H groups in total. The minimum Gasteiger partial charge on any atom is -0.300 e. The average molecular weight is 176 g/mol. The molecule has 1 heterocycles. The second-order valence-electron chi connectivity index (χ2n) is 3.02. The summed E-state index contributed by atoms with van der Waals surface area (Å²) in [7, 11) is -2.77. The Bertz CT molecular complexity index is 253. The summed E-state index contributed by atoms with van der Waals surface area (Å²) in [5.41, 5.74) is 0. The molecule has 4 heteroatoms. The second kappa shape index (κ2) is 2.93. The Kier molecular flexibility index (Phi) is 2.32. The molecule has 0 amide bonds. The zero-order chi connectivity index (χ0) is 8.48. The lowest BCUT2D eigenvalue weighted by Crippen LogP contribution is -2.36. The lowest BCUT2D eigenvalue weighted by atomic mass is 10.1. The molecule has 1 rings (SSSR count). The zero-order valence-electron chi connectivity index (χ0n) is 6.54. The molecule has 3 nitrogen and oxygen atoms in total. The van der Waals surface area contributed by atoms with Crippen molar-refractivity contribution in [3.05, 3.63) is 0 Å². The van der Waals surface area contributed by atoms with Gasteiger partial charge in [0, 0.05) is 6.42 Å². The Morgan fingerprint density at radius 3 is 2.45 bits per heavy atom. The first-order valence-electron chi connectivity index (χ1n) is 3.73. The van der Waals surface area contributed by atoms with Crippen LogP contribution in [-0.2, 0) is 14.6 Å². The molecule has 1 saturated heterocycles. The maximum atomic E-state index is 10.9. The first-order chi connectivity index (χ1) is 5.02. The monoisotopic (exact) mass is 176 g/mol. The van der Waals surface area contributed by atoms with Gasteiger partial charge in [-0.15, -0.1) is 0 Å². The summed E-state index contributed by atoms with van der Waals surface area (Å²) in [5, 5.41) is -0.216. The quantitative estimate of drug-likeness (QED) is 0.630. The normalized spacial score (nSPS) is 27.5. The molecule has 0 radical (unpaired) electrons. The van der Waals surface area contributed by atoms with E-state index in [9.17, 15) is 13.2 Å². The number of Topliss-reactive ketones (excluding diaryl/α,β-unsaturated/α-hetero) is 1. The summed E-state index contributed by atoms with van der Waals surface area (Å²) in [6, 6.07) is 0. The first-order valence-corrected chi connectivity index (χ1v) is 5.45. The summed E-state index contributed by atoms with van der Waals surface area (Å²) in [6.45, 7) is 1.49. The molecule has 11 heavy (non-hydrogen) atoms. The first kappa shape index (κ1) is 8.71. The van der Waals surface area contributed by atoms with Crippen LogP contribution in [0.4, 0.5) is 0 Å². The van der Waals surface area contributed by atoms with Crippen LogP contribution in [0.3, 0.4) is 0 Å². The number of ketones is 1. The Balaban J connectivity index is 2.35. The van der Waals surface area contributed by atoms with E-state index in [-0.39, 0.29) is 11.0 Å².